The van der Waals surface area contributed by atoms with E-state index in [-0.39, 0.29) is 24.1 Å². The Hall–Kier alpha value is -0.770. The smallest absolute Gasteiger partial charge is 0.116 e. The van der Waals surface area contributed by atoms with Crippen LogP contribution in [0.15, 0.2) is 18.2 Å². The Bertz CT molecular complexity index is 514. The van der Waals surface area contributed by atoms with E-state index in [2.05, 4.69) is 19.0 Å². The van der Waals surface area contributed by atoms with Gasteiger partial charge in [0.2, 0.25) is 0 Å². The summed E-state index contributed by atoms with van der Waals surface area (Å²) >= 11 is 0. The Balaban J connectivity index is 0.00000176. The van der Waals surface area contributed by atoms with Gasteiger partial charge in [0.1, 0.15) is 5.75 Å². The van der Waals surface area contributed by atoms with Crippen LogP contribution in [-0.4, -0.2) is 35.8 Å². The maximum Gasteiger partial charge on any atom is 0.116 e. The zero-order valence-electron chi connectivity index (χ0n) is 13.7. The topological polar surface area (TPSA) is 43.7 Å². The Morgan fingerprint density at radius 1 is 1.23 bits per heavy atom. The van der Waals surface area contributed by atoms with Crippen molar-refractivity contribution in [2.45, 2.75) is 38.2 Å². The van der Waals surface area contributed by atoms with Crippen LogP contribution >= 0.6 is 12.4 Å². The van der Waals surface area contributed by atoms with Crippen molar-refractivity contribution in [2.75, 3.05) is 20.6 Å². The van der Waals surface area contributed by atoms with Crippen molar-refractivity contribution in [2.24, 2.45) is 17.8 Å². The maximum absolute atomic E-state index is 11.5. The van der Waals surface area contributed by atoms with E-state index in [1.54, 1.807) is 12.1 Å². The third-order valence-electron chi connectivity index (χ3n) is 5.49. The molecule has 2 aliphatic carbocycles. The summed E-state index contributed by atoms with van der Waals surface area (Å²) in [6.45, 7) is 2.88. The molecule has 2 bridgehead atoms. The predicted octanol–water partition coefficient (Wildman–Crippen LogP) is 3.31. The molecule has 0 spiro atoms. The lowest BCUT2D eigenvalue weighted by atomic mass is 9.65. The summed E-state index contributed by atoms with van der Waals surface area (Å²) < 4.78 is 0. The quantitative estimate of drug-likeness (QED) is 0.896. The van der Waals surface area contributed by atoms with Crippen LogP contribution in [0.4, 0.5) is 0 Å². The van der Waals surface area contributed by atoms with Crippen molar-refractivity contribution in [3.05, 3.63) is 29.3 Å². The molecule has 2 aliphatic rings. The molecule has 2 fully saturated rings. The largest absolute Gasteiger partial charge is 0.508 e. The van der Waals surface area contributed by atoms with Crippen LogP contribution in [0, 0.1) is 24.7 Å². The second-order valence-electron chi connectivity index (χ2n) is 7.49. The van der Waals surface area contributed by atoms with E-state index in [1.165, 1.54) is 19.3 Å². The van der Waals surface area contributed by atoms with Gasteiger partial charge in [-0.3, -0.25) is 0 Å². The number of nitrogens with zero attached hydrogens (tertiary/aromatic N) is 1. The number of fused-ring (bicyclic) bond motifs is 2. The summed E-state index contributed by atoms with van der Waals surface area (Å²) in [6.07, 6.45) is 4.58. The molecule has 1 aromatic rings. The Morgan fingerprint density at radius 3 is 2.59 bits per heavy atom. The van der Waals surface area contributed by atoms with Gasteiger partial charge in [0.15, 0.2) is 0 Å². The van der Waals surface area contributed by atoms with Crippen molar-refractivity contribution in [1.82, 2.24) is 4.90 Å². The average Bonchev–Trinajstić information content (AvgIpc) is 2.77. The molecule has 0 aliphatic heterocycles. The highest BCUT2D eigenvalue weighted by Gasteiger charge is 2.51. The van der Waals surface area contributed by atoms with Crippen LogP contribution in [0.5, 0.6) is 5.75 Å². The summed E-state index contributed by atoms with van der Waals surface area (Å²) in [5.74, 6) is 1.77. The fraction of sp³-hybridized carbons (Fsp3) is 0.667. The second kappa shape index (κ2) is 6.38. The zero-order chi connectivity index (χ0) is 15.2. The monoisotopic (exact) mass is 325 g/mol. The normalized spacial score (nSPS) is 33.8. The summed E-state index contributed by atoms with van der Waals surface area (Å²) in [5, 5.41) is 21.5. The fourth-order valence-electron chi connectivity index (χ4n) is 4.68. The molecule has 0 saturated heterocycles. The van der Waals surface area contributed by atoms with Gasteiger partial charge in [0.25, 0.3) is 0 Å². The van der Waals surface area contributed by atoms with E-state index >= 15 is 0 Å². The van der Waals surface area contributed by atoms with E-state index in [0.29, 0.717) is 11.8 Å². The number of phenols is 1. The third-order valence-corrected chi connectivity index (χ3v) is 5.49. The molecule has 4 atom stereocenters. The molecule has 1 aromatic carbocycles. The molecule has 4 heteroatoms. The number of phenolic OH excluding ortho intramolecular Hbond substituents is 1. The van der Waals surface area contributed by atoms with Crippen molar-refractivity contribution in [1.29, 1.82) is 0 Å². The Labute approximate surface area is 139 Å². The number of benzene rings is 1. The maximum atomic E-state index is 11.5. The molecule has 2 saturated carbocycles. The van der Waals surface area contributed by atoms with E-state index in [0.717, 1.165) is 24.1 Å². The van der Waals surface area contributed by atoms with Gasteiger partial charge in [-0.15, -0.1) is 12.4 Å². The number of rotatable bonds is 3. The Morgan fingerprint density at radius 2 is 1.95 bits per heavy atom. The highest BCUT2D eigenvalue weighted by Crippen LogP contribution is 2.54. The number of hydrogen-bond donors (Lipinski definition) is 2. The lowest BCUT2D eigenvalue weighted by Gasteiger charge is -2.45. The molecule has 0 radical (unpaired) electrons. The zero-order valence-corrected chi connectivity index (χ0v) is 14.6. The number of hydrogen-bond acceptors (Lipinski definition) is 3. The van der Waals surface area contributed by atoms with E-state index in [1.807, 2.05) is 13.0 Å². The van der Waals surface area contributed by atoms with Crippen LogP contribution in [0.25, 0.3) is 0 Å². The molecule has 3 nitrogen and oxygen atoms in total. The predicted molar refractivity (Wildman–Crippen MR) is 91.5 cm³/mol. The minimum atomic E-state index is -0.794. The molecular weight excluding hydrogens is 298 g/mol. The van der Waals surface area contributed by atoms with Crippen LogP contribution in [-0.2, 0) is 5.60 Å². The van der Waals surface area contributed by atoms with Gasteiger partial charge in [-0.05, 0) is 75.4 Å². The SMILES string of the molecule is Cc1cc(O)cc(C2(O)CC3CCC(C3)C2CN(C)C)c1.Cl. The van der Waals surface area contributed by atoms with Gasteiger partial charge in [-0.25, -0.2) is 0 Å². The van der Waals surface area contributed by atoms with Crippen molar-refractivity contribution < 1.29 is 10.2 Å². The minimum absolute atomic E-state index is 0. The first-order valence-electron chi connectivity index (χ1n) is 8.06. The van der Waals surface area contributed by atoms with Crippen molar-refractivity contribution >= 4 is 12.4 Å². The second-order valence-corrected chi connectivity index (χ2v) is 7.49. The lowest BCUT2D eigenvalue weighted by Crippen LogP contribution is -2.47. The standard InChI is InChI=1S/C18H27NO2.ClH/c1-12-6-15(9-16(20)7-12)18(21)10-13-4-5-14(8-13)17(18)11-19(2)3;/h6-7,9,13-14,17,20-21H,4-5,8,10-11H2,1-3H3;1H. The van der Waals surface area contributed by atoms with Gasteiger partial charge >= 0.3 is 0 Å². The van der Waals surface area contributed by atoms with E-state index in [4.69, 9.17) is 0 Å². The molecule has 22 heavy (non-hydrogen) atoms. The molecular formula is C18H28ClNO2. The number of halogens is 1. The van der Waals surface area contributed by atoms with E-state index < -0.39 is 5.60 Å². The van der Waals surface area contributed by atoms with Crippen molar-refractivity contribution in [3.63, 3.8) is 0 Å². The summed E-state index contributed by atoms with van der Waals surface area (Å²) in [5.41, 5.74) is 1.13. The van der Waals surface area contributed by atoms with Gasteiger partial charge in [-0.2, -0.15) is 0 Å². The van der Waals surface area contributed by atoms with Crippen LogP contribution in [0.2, 0.25) is 0 Å². The van der Waals surface area contributed by atoms with Crippen LogP contribution < -0.4 is 0 Å². The number of aliphatic hydroxyl groups is 1. The highest BCUT2D eigenvalue weighted by molar-refractivity contribution is 5.85. The number of aromatic hydroxyl groups is 1. The van der Waals surface area contributed by atoms with Gasteiger partial charge in [0.05, 0.1) is 5.60 Å². The lowest BCUT2D eigenvalue weighted by molar-refractivity contribution is -0.0892. The molecule has 0 heterocycles. The first-order chi connectivity index (χ1) is 9.88. The van der Waals surface area contributed by atoms with Crippen LogP contribution in [0.1, 0.15) is 36.8 Å². The third kappa shape index (κ3) is 3.12. The van der Waals surface area contributed by atoms with Gasteiger partial charge < -0.3 is 15.1 Å². The van der Waals surface area contributed by atoms with Crippen molar-refractivity contribution in [3.8, 4) is 5.75 Å². The van der Waals surface area contributed by atoms with Gasteiger partial charge in [0, 0.05) is 12.5 Å². The molecule has 0 amide bonds. The van der Waals surface area contributed by atoms with Crippen LogP contribution in [0.3, 0.4) is 0 Å². The minimum Gasteiger partial charge on any atom is -0.508 e. The summed E-state index contributed by atoms with van der Waals surface area (Å²) in [6, 6.07) is 5.57. The average molecular weight is 326 g/mol. The molecule has 4 unspecified atom stereocenters. The molecule has 3 rings (SSSR count). The fourth-order valence-corrected chi connectivity index (χ4v) is 4.68. The van der Waals surface area contributed by atoms with Gasteiger partial charge in [-0.1, -0.05) is 12.5 Å². The first-order valence-corrected chi connectivity index (χ1v) is 8.06. The molecule has 2 N–H and O–H groups in total. The molecule has 124 valence electrons. The summed E-state index contributed by atoms with van der Waals surface area (Å²) in [7, 11) is 4.16. The number of aryl methyl sites for hydroxylation is 1. The summed E-state index contributed by atoms with van der Waals surface area (Å²) in [4.78, 5) is 2.18. The Kier molecular flexibility index (Phi) is 5.10. The highest BCUT2D eigenvalue weighted by atomic mass is 35.5. The van der Waals surface area contributed by atoms with E-state index in [9.17, 15) is 10.2 Å². The first kappa shape index (κ1) is 17.6. The molecule has 0 aromatic heterocycles.